The van der Waals surface area contributed by atoms with Gasteiger partial charge in [-0.2, -0.15) is 0 Å². The average Bonchev–Trinajstić information content (AvgIpc) is 3.17. The number of nitrogens with zero attached hydrogens (tertiary/aromatic N) is 1. The van der Waals surface area contributed by atoms with Gasteiger partial charge in [-0.15, -0.1) is 0 Å². The molecule has 0 aliphatic heterocycles. The van der Waals surface area contributed by atoms with Crippen molar-refractivity contribution in [3.63, 3.8) is 0 Å². The molecule has 1 aromatic carbocycles. The van der Waals surface area contributed by atoms with Gasteiger partial charge in [0.15, 0.2) is 17.1 Å². The Kier molecular flexibility index (Phi) is 8.47. The molecule has 2 aromatic rings. The lowest BCUT2D eigenvalue weighted by Gasteiger charge is -2.19. The van der Waals surface area contributed by atoms with Gasteiger partial charge in [-0.1, -0.05) is 38.3 Å². The van der Waals surface area contributed by atoms with E-state index < -0.39 is 11.8 Å². The van der Waals surface area contributed by atoms with Crippen LogP contribution in [-0.4, -0.2) is 48.8 Å². The molecule has 0 bridgehead atoms. The van der Waals surface area contributed by atoms with Gasteiger partial charge in [0, 0.05) is 5.39 Å². The second kappa shape index (κ2) is 11.1. The van der Waals surface area contributed by atoms with Crippen LogP contribution in [0.4, 0.5) is 0 Å². The van der Waals surface area contributed by atoms with E-state index >= 15 is 0 Å². The largest absolute Gasteiger partial charge is 0.493 e. The number of benzene rings is 1. The maximum absolute atomic E-state index is 12.4. The molecule has 0 unspecified atom stereocenters. The molecule has 9 nitrogen and oxygen atoms in total. The van der Waals surface area contributed by atoms with Crippen molar-refractivity contribution in [3.05, 3.63) is 30.0 Å². The summed E-state index contributed by atoms with van der Waals surface area (Å²) in [5, 5.41) is 15.8. The van der Waals surface area contributed by atoms with Gasteiger partial charge in [0.1, 0.15) is 0 Å². The third-order valence-corrected chi connectivity index (χ3v) is 4.52. The lowest BCUT2D eigenvalue weighted by Crippen LogP contribution is -2.42. The van der Waals surface area contributed by atoms with Gasteiger partial charge in [-0.05, 0) is 18.6 Å². The van der Waals surface area contributed by atoms with E-state index in [9.17, 15) is 19.6 Å². The van der Waals surface area contributed by atoms with Gasteiger partial charge in [0.05, 0.1) is 26.2 Å². The topological polar surface area (TPSA) is 121 Å². The normalized spacial score (nSPS) is 11.7. The van der Waals surface area contributed by atoms with Gasteiger partial charge in [-0.3, -0.25) is 19.6 Å². The van der Waals surface area contributed by atoms with Crippen molar-refractivity contribution in [1.82, 2.24) is 15.7 Å². The summed E-state index contributed by atoms with van der Waals surface area (Å²) < 4.78 is 10.8. The maximum atomic E-state index is 12.4. The first-order valence-electron chi connectivity index (χ1n) is 9.53. The fraction of sp³-hybridized carbons (Fsp3) is 0.450. The van der Waals surface area contributed by atoms with Crippen LogP contribution in [0.25, 0.3) is 11.0 Å². The minimum absolute atomic E-state index is 0.0979. The van der Waals surface area contributed by atoms with Gasteiger partial charge in [0.25, 0.3) is 5.91 Å². The summed E-state index contributed by atoms with van der Waals surface area (Å²) in [6, 6.07) is 6.92. The predicted molar refractivity (Wildman–Crippen MR) is 105 cm³/mol. The fourth-order valence-electron chi connectivity index (χ4n) is 2.97. The number of rotatable bonds is 12. The van der Waals surface area contributed by atoms with Crippen LogP contribution in [-0.2, 0) is 9.59 Å². The molecule has 0 radical (unpaired) electrons. The van der Waals surface area contributed by atoms with E-state index in [-0.39, 0.29) is 31.3 Å². The average molecular weight is 405 g/mol. The van der Waals surface area contributed by atoms with Crippen molar-refractivity contribution in [2.75, 3.05) is 20.3 Å². The summed E-state index contributed by atoms with van der Waals surface area (Å²) in [5.74, 6) is -0.783. The summed E-state index contributed by atoms with van der Waals surface area (Å²) in [7, 11) is 1.52. The molecule has 0 aliphatic rings. The van der Waals surface area contributed by atoms with E-state index in [1.165, 1.54) is 7.11 Å². The van der Waals surface area contributed by atoms with E-state index in [0.717, 1.165) is 24.6 Å². The van der Waals surface area contributed by atoms with Crippen LogP contribution in [0.5, 0.6) is 5.75 Å². The highest BCUT2D eigenvalue weighted by molar-refractivity contribution is 5.97. The number of nitrogens with one attached hydrogen (secondary N) is 2. The maximum Gasteiger partial charge on any atom is 0.288 e. The number of carbonyl (C=O) groups excluding carboxylic acids is 3. The summed E-state index contributed by atoms with van der Waals surface area (Å²) in [5.41, 5.74) is 0.470. The zero-order chi connectivity index (χ0) is 21.2. The first kappa shape index (κ1) is 22.2. The summed E-state index contributed by atoms with van der Waals surface area (Å²) >= 11 is 0. The molecule has 3 N–H and O–H groups in total. The molecule has 158 valence electrons. The molecular formula is C20H27N3O6. The molecule has 2 rings (SSSR count). The van der Waals surface area contributed by atoms with Crippen LogP contribution < -0.4 is 15.4 Å². The van der Waals surface area contributed by atoms with Gasteiger partial charge >= 0.3 is 0 Å². The Morgan fingerprint density at radius 1 is 1.31 bits per heavy atom. The van der Waals surface area contributed by atoms with E-state index in [2.05, 4.69) is 10.6 Å². The van der Waals surface area contributed by atoms with E-state index in [0.29, 0.717) is 22.8 Å². The number of hydroxylamine groups is 2. The summed E-state index contributed by atoms with van der Waals surface area (Å²) in [6.45, 7) is 1.83. The third kappa shape index (κ3) is 6.21. The Morgan fingerprint density at radius 2 is 2.10 bits per heavy atom. The first-order valence-corrected chi connectivity index (χ1v) is 9.53. The number of hydrogen-bond donors (Lipinski definition) is 3. The molecule has 0 aliphatic carbocycles. The fourth-order valence-corrected chi connectivity index (χ4v) is 2.97. The van der Waals surface area contributed by atoms with Crippen LogP contribution >= 0.6 is 0 Å². The molecule has 1 aromatic heterocycles. The number of amides is 3. The number of methoxy groups -OCH3 is 1. The Balaban J connectivity index is 1.91. The van der Waals surface area contributed by atoms with Crippen molar-refractivity contribution in [2.24, 2.45) is 5.92 Å². The van der Waals surface area contributed by atoms with Crippen molar-refractivity contribution < 1.29 is 28.7 Å². The van der Waals surface area contributed by atoms with Gasteiger partial charge < -0.3 is 19.8 Å². The summed E-state index contributed by atoms with van der Waals surface area (Å²) in [4.78, 5) is 35.3. The number of para-hydroxylation sites is 1. The molecule has 0 saturated heterocycles. The summed E-state index contributed by atoms with van der Waals surface area (Å²) in [6.07, 6.45) is 3.53. The number of furan rings is 1. The number of hydrogen-bond acceptors (Lipinski definition) is 6. The zero-order valence-corrected chi connectivity index (χ0v) is 16.6. The van der Waals surface area contributed by atoms with E-state index in [4.69, 9.17) is 9.15 Å². The lowest BCUT2D eigenvalue weighted by atomic mass is 10.0. The second-order valence-electron chi connectivity index (χ2n) is 6.63. The van der Waals surface area contributed by atoms with E-state index in [1.54, 1.807) is 24.3 Å². The number of unbranched alkanes of at least 4 members (excludes halogenated alkanes) is 2. The molecular weight excluding hydrogens is 378 g/mol. The second-order valence-corrected chi connectivity index (χ2v) is 6.63. The highest BCUT2D eigenvalue weighted by Gasteiger charge is 2.21. The molecule has 0 saturated carbocycles. The highest BCUT2D eigenvalue weighted by atomic mass is 16.5. The molecule has 9 heteroatoms. The highest BCUT2D eigenvalue weighted by Crippen LogP contribution is 2.28. The number of carbonyl (C=O) groups is 3. The zero-order valence-electron chi connectivity index (χ0n) is 16.6. The lowest BCUT2D eigenvalue weighted by molar-refractivity contribution is -0.154. The number of ether oxygens (including phenoxy) is 1. The number of fused-ring (bicyclic) bond motifs is 1. The van der Waals surface area contributed by atoms with Crippen molar-refractivity contribution >= 4 is 29.2 Å². The standard InChI is InChI=1S/C20H27N3O6/c1-3-4-5-7-15(11-23(27)13-24)19(25)21-12-22-20(26)17-10-14-8-6-9-16(28-2)18(14)29-17/h6,8-10,13,15,27H,3-5,7,11-12H2,1-2H3,(H,21,25)(H,22,26)/t15-/m1/s1. The monoisotopic (exact) mass is 405 g/mol. The smallest absolute Gasteiger partial charge is 0.288 e. The van der Waals surface area contributed by atoms with Crippen LogP contribution in [0, 0.1) is 5.92 Å². The first-order chi connectivity index (χ1) is 14.0. The van der Waals surface area contributed by atoms with Crippen molar-refractivity contribution in [3.8, 4) is 5.75 Å². The molecule has 3 amide bonds. The van der Waals surface area contributed by atoms with Crippen LogP contribution in [0.3, 0.4) is 0 Å². The van der Waals surface area contributed by atoms with Crippen molar-refractivity contribution in [2.45, 2.75) is 32.6 Å². The van der Waals surface area contributed by atoms with Crippen LogP contribution in [0.15, 0.2) is 28.7 Å². The molecule has 1 atom stereocenters. The molecule has 0 spiro atoms. The Bertz CT molecular complexity index is 835. The van der Waals surface area contributed by atoms with Gasteiger partial charge in [-0.25, -0.2) is 5.06 Å². The third-order valence-electron chi connectivity index (χ3n) is 4.52. The molecule has 0 fully saturated rings. The Labute approximate surface area is 168 Å². The minimum atomic E-state index is -0.566. The quantitative estimate of drug-likeness (QED) is 0.164. The minimum Gasteiger partial charge on any atom is -0.493 e. The SMILES string of the molecule is CCCCC[C@H](CN(O)C=O)C(=O)NCNC(=O)c1cc2cccc(OC)c2o1. The molecule has 1 heterocycles. The Hall–Kier alpha value is -3.07. The van der Waals surface area contributed by atoms with Crippen LogP contribution in [0.2, 0.25) is 0 Å². The van der Waals surface area contributed by atoms with Crippen molar-refractivity contribution in [1.29, 1.82) is 0 Å². The van der Waals surface area contributed by atoms with Crippen LogP contribution in [0.1, 0.15) is 43.2 Å². The van der Waals surface area contributed by atoms with E-state index in [1.807, 2.05) is 6.92 Å². The Morgan fingerprint density at radius 3 is 2.79 bits per heavy atom. The van der Waals surface area contributed by atoms with Gasteiger partial charge in [0.2, 0.25) is 12.3 Å². The predicted octanol–water partition coefficient (Wildman–Crippen LogP) is 2.29. The molecule has 29 heavy (non-hydrogen) atoms.